The van der Waals surface area contributed by atoms with Gasteiger partial charge >= 0.3 is 17.9 Å². The first-order valence-electron chi connectivity index (χ1n) is 23.9. The zero-order valence-corrected chi connectivity index (χ0v) is 41.4. The Kier molecular flexibility index (Phi) is 21.1. The molecule has 1 fully saturated rings. The molecule has 3 atom stereocenters. The number of para-hydroxylation sites is 2. The number of phenols is 6. The molecule has 5 aromatic carbocycles. The molecule has 6 rings (SSSR count). The van der Waals surface area contributed by atoms with E-state index >= 15 is 0 Å². The van der Waals surface area contributed by atoms with Gasteiger partial charge in [-0.2, -0.15) is 0 Å². The highest BCUT2D eigenvalue weighted by Gasteiger charge is 2.35. The van der Waals surface area contributed by atoms with Crippen LogP contribution in [0.15, 0.2) is 103 Å². The van der Waals surface area contributed by atoms with E-state index in [0.29, 0.717) is 18.5 Å². The molecule has 25 nitrogen and oxygen atoms in total. The average molecular weight is 1080 g/mol. The number of phenolic OH excluding ortho intramolecular Hbond substituents is 6. The number of carbonyl (C=O) groups excluding carboxylic acids is 8. The lowest BCUT2D eigenvalue weighted by atomic mass is 10.0. The third-order valence-corrected chi connectivity index (χ3v) is 11.3. The number of amides is 5. The van der Waals surface area contributed by atoms with Crippen LogP contribution in [0.1, 0.15) is 62.9 Å². The van der Waals surface area contributed by atoms with E-state index < -0.39 is 131 Å². The highest BCUT2D eigenvalue weighted by molar-refractivity contribution is 6.04. The summed E-state index contributed by atoms with van der Waals surface area (Å²) in [7, 11) is 0. The van der Waals surface area contributed by atoms with Crippen molar-refractivity contribution in [1.29, 1.82) is 0 Å². The van der Waals surface area contributed by atoms with Crippen LogP contribution in [0, 0.1) is 0 Å². The second-order valence-corrected chi connectivity index (χ2v) is 16.9. The van der Waals surface area contributed by atoms with E-state index in [0.717, 1.165) is 47.5 Å². The summed E-state index contributed by atoms with van der Waals surface area (Å²) in [6, 6.07) is 19.8. The Morgan fingerprint density at radius 1 is 0.423 bits per heavy atom. The molecule has 11 N–H and O–H groups in total. The van der Waals surface area contributed by atoms with Crippen LogP contribution in [0.25, 0.3) is 0 Å². The molecule has 1 heterocycles. The normalized spacial score (nSPS) is 15.7. The van der Waals surface area contributed by atoms with E-state index in [4.69, 9.17) is 28.4 Å². The molecule has 1 saturated heterocycles. The summed E-state index contributed by atoms with van der Waals surface area (Å²) in [5.41, 5.74) is 0.533. The molecule has 1 aliphatic rings. The minimum absolute atomic E-state index is 0.00378. The molecule has 0 saturated carbocycles. The molecule has 0 radical (unpaired) electrons. The van der Waals surface area contributed by atoms with Gasteiger partial charge in [-0.05, 0) is 66.1 Å². The van der Waals surface area contributed by atoms with E-state index in [2.05, 4.69) is 26.6 Å². The monoisotopic (exact) mass is 1080 g/mol. The Bertz CT molecular complexity index is 2910. The Hall–Kier alpha value is -9.46. The molecule has 0 aliphatic carbocycles. The molecule has 1 aliphatic heterocycles. The third-order valence-electron chi connectivity index (χ3n) is 11.3. The van der Waals surface area contributed by atoms with Crippen molar-refractivity contribution in [3.05, 3.63) is 142 Å². The minimum atomic E-state index is -2.01. The summed E-state index contributed by atoms with van der Waals surface area (Å²) >= 11 is 0. The van der Waals surface area contributed by atoms with Crippen molar-refractivity contribution in [2.75, 3.05) is 72.6 Å². The lowest BCUT2D eigenvalue weighted by molar-refractivity contribution is -0.160. The Morgan fingerprint density at radius 2 is 0.833 bits per heavy atom. The lowest BCUT2D eigenvalue weighted by Crippen LogP contribution is -2.52. The lowest BCUT2D eigenvalue weighted by Gasteiger charge is -2.25. The number of carbonyl (C=O) groups is 8. The van der Waals surface area contributed by atoms with Crippen LogP contribution in [0.5, 0.6) is 34.5 Å². The highest BCUT2D eigenvalue weighted by atomic mass is 16.6. The van der Waals surface area contributed by atoms with E-state index in [9.17, 15) is 69.0 Å². The zero-order chi connectivity index (χ0) is 56.1. The number of benzene rings is 5. The summed E-state index contributed by atoms with van der Waals surface area (Å²) < 4.78 is 32.1. The van der Waals surface area contributed by atoms with Crippen molar-refractivity contribution in [1.82, 2.24) is 26.6 Å². The summed E-state index contributed by atoms with van der Waals surface area (Å²) in [5, 5.41) is 73.3. The van der Waals surface area contributed by atoms with Crippen LogP contribution in [-0.2, 0) is 49.2 Å². The molecule has 412 valence electrons. The van der Waals surface area contributed by atoms with Gasteiger partial charge in [-0.15, -0.1) is 0 Å². The van der Waals surface area contributed by atoms with Gasteiger partial charge in [-0.25, -0.2) is 14.4 Å². The van der Waals surface area contributed by atoms with E-state index in [1.54, 1.807) is 6.07 Å². The Balaban J connectivity index is 0.979. The molecule has 0 aromatic heterocycles. The molecule has 78 heavy (non-hydrogen) atoms. The minimum Gasteiger partial charge on any atom is -0.504 e. The molecule has 25 heteroatoms. The molecular weight excluding hydrogens is 1030 g/mol. The van der Waals surface area contributed by atoms with Gasteiger partial charge in [0.05, 0.1) is 56.3 Å². The molecule has 0 spiro atoms. The smallest absolute Gasteiger partial charge is 0.332 e. The van der Waals surface area contributed by atoms with Gasteiger partial charge in [0, 0.05) is 24.2 Å². The number of nitrogens with one attached hydrogen (secondary N) is 5. The first kappa shape index (κ1) is 57.8. The standard InChI is InChI=1S/C53H55N5O20/c59-40-13-5-11-34(43(40)62)48(67)56-37-27-76-51(70)38(57-49(68)35-12-6-14-41(60)44(35)63)28-77-53(72)39(29-78-52(37)71)58-50(69)36-25-33(26-42(61)45(36)64)47(66)55-16-18-74-20-22-75-21-19-73-17-15-54-46(65)32-10-4-9-31(24-32)23-30-7-2-1-3-8-30/h1-14,24-26,37-39,59-64H,15-23,27-29H2,(H,54,65)(H,55,66)(H,56,67)(H,57,68)(H,58,69)/t37-,38-,39-/m0/s1. The second-order valence-electron chi connectivity index (χ2n) is 16.9. The predicted molar refractivity (Wildman–Crippen MR) is 269 cm³/mol. The fourth-order valence-corrected chi connectivity index (χ4v) is 7.24. The Morgan fingerprint density at radius 3 is 1.32 bits per heavy atom. The van der Waals surface area contributed by atoms with Gasteiger partial charge in [-0.3, -0.25) is 24.0 Å². The molecular formula is C53H55N5O20. The highest BCUT2D eigenvalue weighted by Crippen LogP contribution is 2.32. The SMILES string of the molecule is O=C(NCCOCCOCCOCCNC(=O)c1cc(O)c(O)c(C(=O)N[C@H]2COC(=O)[C@@H](NC(=O)c3cccc(O)c3O)COC(=O)[C@@H](NC(=O)c3cccc(O)c3O)COC2=O)c1)c1cccc(Cc2ccccc2)c1. The molecule has 0 unspecified atom stereocenters. The average Bonchev–Trinajstić information content (AvgIpc) is 3.44. The van der Waals surface area contributed by atoms with Gasteiger partial charge in [0.1, 0.15) is 19.8 Å². The van der Waals surface area contributed by atoms with Crippen molar-refractivity contribution in [2.45, 2.75) is 24.5 Å². The predicted octanol–water partition coefficient (Wildman–Crippen LogP) is 1.06. The van der Waals surface area contributed by atoms with E-state index in [1.807, 2.05) is 48.5 Å². The molecule has 0 bridgehead atoms. The Labute approximate surface area is 444 Å². The van der Waals surface area contributed by atoms with E-state index in [-0.39, 0.29) is 57.7 Å². The van der Waals surface area contributed by atoms with Crippen LogP contribution in [0.3, 0.4) is 0 Å². The van der Waals surface area contributed by atoms with E-state index in [1.165, 1.54) is 12.1 Å². The van der Waals surface area contributed by atoms with Crippen LogP contribution < -0.4 is 26.6 Å². The maximum atomic E-state index is 13.7. The molecule has 5 aromatic rings. The first-order valence-corrected chi connectivity index (χ1v) is 23.9. The first-order chi connectivity index (χ1) is 37.5. The quantitative estimate of drug-likeness (QED) is 0.0200. The number of hydrogen-bond donors (Lipinski definition) is 11. The van der Waals surface area contributed by atoms with Crippen LogP contribution in [0.4, 0.5) is 0 Å². The number of hydrogen-bond acceptors (Lipinski definition) is 20. The van der Waals surface area contributed by atoms with Gasteiger partial charge in [0.25, 0.3) is 29.5 Å². The van der Waals surface area contributed by atoms with Gasteiger partial charge in [0.2, 0.25) is 0 Å². The van der Waals surface area contributed by atoms with Crippen molar-refractivity contribution in [3.63, 3.8) is 0 Å². The fraction of sp³-hybridized carbons (Fsp3) is 0.283. The maximum Gasteiger partial charge on any atom is 0.332 e. The van der Waals surface area contributed by atoms with Crippen LogP contribution >= 0.6 is 0 Å². The zero-order valence-electron chi connectivity index (χ0n) is 41.4. The number of cyclic esters (lactones) is 3. The van der Waals surface area contributed by atoms with Crippen molar-refractivity contribution in [3.8, 4) is 34.5 Å². The number of esters is 3. The summed E-state index contributed by atoms with van der Waals surface area (Å²) in [4.78, 5) is 106. The van der Waals surface area contributed by atoms with Crippen molar-refractivity contribution >= 4 is 47.4 Å². The summed E-state index contributed by atoms with van der Waals surface area (Å²) in [5.74, 6) is -14.1. The topological polar surface area (TPSA) is 373 Å². The van der Waals surface area contributed by atoms with Crippen molar-refractivity contribution in [2.24, 2.45) is 0 Å². The third kappa shape index (κ3) is 16.5. The van der Waals surface area contributed by atoms with Crippen LogP contribution in [0.2, 0.25) is 0 Å². The van der Waals surface area contributed by atoms with Gasteiger partial charge in [0.15, 0.2) is 52.6 Å². The van der Waals surface area contributed by atoms with Crippen molar-refractivity contribution < 1.29 is 97.4 Å². The maximum absolute atomic E-state index is 13.7. The number of aromatic hydroxyl groups is 6. The number of ether oxygens (including phenoxy) is 6. The van der Waals surface area contributed by atoms with Gasteiger partial charge in [-0.1, -0.05) is 54.6 Å². The number of rotatable bonds is 22. The molecule has 5 amide bonds. The second kappa shape index (κ2) is 28.4. The largest absolute Gasteiger partial charge is 0.504 e. The van der Waals surface area contributed by atoms with Gasteiger partial charge < -0.3 is 85.6 Å². The van der Waals surface area contributed by atoms with Crippen LogP contribution in [-0.4, -0.2) is 169 Å². The summed E-state index contributed by atoms with van der Waals surface area (Å²) in [6.45, 7) is -1.82. The fourth-order valence-electron chi connectivity index (χ4n) is 7.24. The summed E-state index contributed by atoms with van der Waals surface area (Å²) in [6.07, 6.45) is 0.707.